The second-order valence-electron chi connectivity index (χ2n) is 12.4. The fourth-order valence-corrected chi connectivity index (χ4v) is 8.89. The Balaban J connectivity index is 0.00000119. The molecule has 0 bridgehead atoms. The van der Waals surface area contributed by atoms with E-state index in [2.05, 4.69) is 9.88 Å². The number of anilines is 1. The number of carboxylic acid groups (broad SMARTS) is 1. The van der Waals surface area contributed by atoms with Crippen molar-refractivity contribution in [3.8, 4) is 11.1 Å². The van der Waals surface area contributed by atoms with Crippen LogP contribution < -0.4 is 4.90 Å². The van der Waals surface area contributed by atoms with Gasteiger partial charge in [0.05, 0.1) is 16.8 Å². The minimum atomic E-state index is -4.65. The molecule has 2 aromatic heterocycles. The van der Waals surface area contributed by atoms with E-state index < -0.39 is 18.8 Å². The quantitative estimate of drug-likeness (QED) is 0.255. The van der Waals surface area contributed by atoms with E-state index in [4.69, 9.17) is 21.5 Å². The lowest BCUT2D eigenvalue weighted by Gasteiger charge is -2.46. The number of alkyl halides is 3. The average Bonchev–Trinajstić information content (AvgIpc) is 3.67. The number of thiophene rings is 1. The molecular weight excluding hydrogens is 645 g/mol. The monoisotopic (exact) mass is 678 g/mol. The van der Waals surface area contributed by atoms with Crippen molar-refractivity contribution < 1.29 is 37.8 Å². The van der Waals surface area contributed by atoms with Gasteiger partial charge in [0, 0.05) is 77.0 Å². The first-order valence-corrected chi connectivity index (χ1v) is 16.5. The van der Waals surface area contributed by atoms with Crippen LogP contribution in [0.2, 0.25) is 5.02 Å². The number of aliphatic hydroxyl groups excluding tert-OH is 1. The van der Waals surface area contributed by atoms with Crippen molar-refractivity contribution in [2.45, 2.75) is 81.8 Å². The van der Waals surface area contributed by atoms with Gasteiger partial charge in [0.25, 0.3) is 6.47 Å². The van der Waals surface area contributed by atoms with Gasteiger partial charge in [-0.25, -0.2) is 0 Å². The number of aliphatic hydroxyl groups is 1. The first-order chi connectivity index (χ1) is 21.9. The molecule has 2 atom stereocenters. The van der Waals surface area contributed by atoms with Crippen molar-refractivity contribution in [2.75, 3.05) is 24.5 Å². The summed E-state index contributed by atoms with van der Waals surface area (Å²) in [5.41, 5.74) is 4.53. The smallest absolute Gasteiger partial charge is 0.415 e. The Labute approximate surface area is 272 Å². The molecule has 3 aromatic rings. The molecule has 1 aliphatic carbocycles. The van der Waals surface area contributed by atoms with Crippen LogP contribution in [0.5, 0.6) is 0 Å². The molecule has 3 fully saturated rings. The van der Waals surface area contributed by atoms with Crippen LogP contribution in [0.1, 0.15) is 55.4 Å². The molecule has 9 nitrogen and oxygen atoms in total. The Morgan fingerprint density at radius 1 is 1.11 bits per heavy atom. The second-order valence-corrected chi connectivity index (χ2v) is 14.0. The van der Waals surface area contributed by atoms with Gasteiger partial charge in [-0.1, -0.05) is 11.6 Å². The third-order valence-electron chi connectivity index (χ3n) is 9.72. The number of likely N-dealkylation sites (tertiary alicyclic amines) is 2. The van der Waals surface area contributed by atoms with Crippen LogP contribution in [0.4, 0.5) is 18.9 Å². The molecule has 3 aliphatic heterocycles. The summed E-state index contributed by atoms with van der Waals surface area (Å²) in [6.45, 7) is 0.809. The topological polar surface area (TPSA) is 114 Å². The lowest BCUT2D eigenvalue weighted by atomic mass is 9.74. The first-order valence-electron chi connectivity index (χ1n) is 15.3. The highest BCUT2D eigenvalue weighted by atomic mass is 35.5. The Morgan fingerprint density at radius 2 is 1.83 bits per heavy atom. The molecular formula is C32H34ClF3N4O5S. The van der Waals surface area contributed by atoms with Crippen LogP contribution in [0.25, 0.3) is 21.3 Å². The molecule has 2 saturated heterocycles. The van der Waals surface area contributed by atoms with Crippen LogP contribution in [-0.2, 0) is 27.3 Å². The first kappa shape index (κ1) is 32.7. The summed E-state index contributed by atoms with van der Waals surface area (Å²) >= 11 is 8.19. The fourth-order valence-electron chi connectivity index (χ4n) is 7.51. The number of imide groups is 1. The maximum atomic E-state index is 13.3. The van der Waals surface area contributed by atoms with Gasteiger partial charge in [0.2, 0.25) is 11.8 Å². The third kappa shape index (κ3) is 6.10. The molecule has 14 heteroatoms. The van der Waals surface area contributed by atoms with Gasteiger partial charge in [0.1, 0.15) is 0 Å². The van der Waals surface area contributed by atoms with E-state index in [1.54, 1.807) is 6.20 Å². The van der Waals surface area contributed by atoms with Gasteiger partial charge in [-0.05, 0) is 68.4 Å². The Morgan fingerprint density at radius 3 is 2.48 bits per heavy atom. The van der Waals surface area contributed by atoms with Gasteiger partial charge in [-0.15, -0.1) is 11.3 Å². The predicted molar refractivity (Wildman–Crippen MR) is 168 cm³/mol. The summed E-state index contributed by atoms with van der Waals surface area (Å²) in [7, 11) is 0. The van der Waals surface area contributed by atoms with E-state index in [0.717, 1.165) is 82.5 Å². The minimum absolute atomic E-state index is 0.00289. The number of halogens is 4. The summed E-state index contributed by atoms with van der Waals surface area (Å²) in [6.07, 6.45) is 0.395. The molecule has 1 spiro atoms. The maximum absolute atomic E-state index is 13.3. The van der Waals surface area contributed by atoms with Crippen molar-refractivity contribution in [3.05, 3.63) is 45.9 Å². The van der Waals surface area contributed by atoms with Crippen LogP contribution in [0.15, 0.2) is 30.5 Å². The fraction of sp³-hybridized carbons (Fsp3) is 0.500. The number of benzene rings is 1. The number of amides is 2. The summed E-state index contributed by atoms with van der Waals surface area (Å²) in [5.74, 6) is -0.319. The summed E-state index contributed by atoms with van der Waals surface area (Å²) < 4.78 is 41.0. The molecule has 0 radical (unpaired) electrons. The normalized spacial score (nSPS) is 21.7. The summed E-state index contributed by atoms with van der Waals surface area (Å²) in [6, 6.07) is 7.84. The number of pyridine rings is 1. The highest BCUT2D eigenvalue weighted by molar-refractivity contribution is 7.19. The van der Waals surface area contributed by atoms with Crippen molar-refractivity contribution in [1.29, 1.82) is 0 Å². The number of carbonyl (C=O) groups is 3. The zero-order valence-electron chi connectivity index (χ0n) is 24.9. The third-order valence-corrected chi connectivity index (χ3v) is 11.1. The van der Waals surface area contributed by atoms with Crippen molar-refractivity contribution >= 4 is 57.1 Å². The van der Waals surface area contributed by atoms with E-state index in [0.29, 0.717) is 11.6 Å². The van der Waals surface area contributed by atoms with Crippen LogP contribution in [0, 0.1) is 0 Å². The molecule has 4 aliphatic rings. The highest BCUT2D eigenvalue weighted by Gasteiger charge is 2.53. The predicted octanol–water partition coefficient (Wildman–Crippen LogP) is 5.64. The molecule has 7 rings (SSSR count). The van der Waals surface area contributed by atoms with Crippen molar-refractivity contribution in [1.82, 2.24) is 14.8 Å². The maximum Gasteiger partial charge on any atom is 0.415 e. The molecule has 2 N–H and O–H groups in total. The number of hydrogen-bond donors (Lipinski definition) is 2. The molecule has 0 unspecified atom stereocenters. The van der Waals surface area contributed by atoms with E-state index >= 15 is 0 Å². The molecule has 1 aromatic carbocycles. The number of hydrogen-bond acceptors (Lipinski definition) is 8. The number of aryl methyl sites for hydroxylation is 1. The summed E-state index contributed by atoms with van der Waals surface area (Å²) in [5, 5.41) is 17.5. The molecule has 5 heterocycles. The molecule has 246 valence electrons. The lowest BCUT2D eigenvalue weighted by molar-refractivity contribution is -0.212. The van der Waals surface area contributed by atoms with Gasteiger partial charge in [-0.3, -0.25) is 29.2 Å². The number of aromatic nitrogens is 1. The van der Waals surface area contributed by atoms with Crippen LogP contribution in [-0.4, -0.2) is 86.8 Å². The Hall–Kier alpha value is -3.26. The van der Waals surface area contributed by atoms with Gasteiger partial charge in [-0.2, -0.15) is 13.2 Å². The largest absolute Gasteiger partial charge is 0.483 e. The van der Waals surface area contributed by atoms with Gasteiger partial charge in [0.15, 0.2) is 6.10 Å². The number of fused-ring (bicyclic) bond motifs is 2. The van der Waals surface area contributed by atoms with E-state index in [1.165, 1.54) is 16.2 Å². The zero-order valence-corrected chi connectivity index (χ0v) is 26.5. The van der Waals surface area contributed by atoms with Crippen LogP contribution in [0.3, 0.4) is 0 Å². The van der Waals surface area contributed by atoms with E-state index in [9.17, 15) is 27.9 Å². The van der Waals surface area contributed by atoms with Gasteiger partial charge < -0.3 is 15.1 Å². The van der Waals surface area contributed by atoms with E-state index in [-0.39, 0.29) is 49.3 Å². The van der Waals surface area contributed by atoms with Crippen molar-refractivity contribution in [2.24, 2.45) is 0 Å². The Bertz CT molecular complexity index is 1650. The average molecular weight is 679 g/mol. The van der Waals surface area contributed by atoms with Gasteiger partial charge >= 0.3 is 6.18 Å². The number of rotatable bonds is 6. The molecule has 2 amide bonds. The number of β-amino-alcohol motifs (C(OH)–C–C–N with tert-alkyl or cyclic N) is 1. The number of nitrogens with zero attached hydrogens (tertiary/aromatic N) is 4. The second kappa shape index (κ2) is 12.7. The lowest BCUT2D eigenvalue weighted by Crippen LogP contribution is -2.53. The minimum Gasteiger partial charge on any atom is -0.483 e. The molecule has 46 heavy (non-hydrogen) atoms. The SMILES string of the molecule is O=C1CCC(=O)N1Cc1cc2nccc(-c3cc(Cl)cc4c3N([C@@H]3CN(C[C@H](O)C(F)(F)F)C5(CCC5)C3)CCC4)c2s1.O=CO. The van der Waals surface area contributed by atoms with Crippen LogP contribution >= 0.6 is 22.9 Å². The highest BCUT2D eigenvalue weighted by Crippen LogP contribution is 2.50. The van der Waals surface area contributed by atoms with E-state index in [1.807, 2.05) is 29.2 Å². The number of carbonyl (C=O) groups excluding carboxylic acids is 2. The van der Waals surface area contributed by atoms with Crippen molar-refractivity contribution in [3.63, 3.8) is 0 Å². The standard InChI is InChI=1S/C31H32ClF3N4O3S.CH2O2/c32-19-11-18-3-1-10-38(20-14-30(7-2-8-30)37(15-20)17-25(40)31(33,34)35)28(18)23(12-19)22-6-9-36-24-13-21(43-29(22)24)16-39-26(41)4-5-27(39)42;2-1-3/h6,9,11-13,20,25,40H,1-5,7-8,10,14-17H2;1H,(H,2,3)/t20-,25-;/m0./s1. The molecule has 1 saturated carbocycles. The zero-order chi connectivity index (χ0) is 32.8. The Kier molecular flexibility index (Phi) is 9.05. The summed E-state index contributed by atoms with van der Waals surface area (Å²) in [4.78, 5) is 43.9.